The van der Waals surface area contributed by atoms with Crippen molar-refractivity contribution in [2.24, 2.45) is 0 Å². The Hall–Kier alpha value is -1.94. The number of carbonyl (C=O) groups excluding carboxylic acids is 1. The first kappa shape index (κ1) is 19.4. The molecule has 0 radical (unpaired) electrons. The van der Waals surface area contributed by atoms with Crippen molar-refractivity contribution in [3.05, 3.63) is 40.1 Å². The number of methoxy groups -OCH3 is 1. The lowest BCUT2D eigenvalue weighted by Crippen LogP contribution is -2.40. The number of hydrogen-bond donors (Lipinski definition) is 1. The number of nitrogens with one attached hydrogen (secondary N) is 1. The molecule has 0 atom stereocenters. The van der Waals surface area contributed by atoms with Crippen molar-refractivity contribution in [2.75, 3.05) is 38.7 Å². The molecule has 1 aliphatic heterocycles. The van der Waals surface area contributed by atoms with Gasteiger partial charge in [-0.1, -0.05) is 0 Å². The van der Waals surface area contributed by atoms with E-state index in [0.717, 1.165) is 18.4 Å². The number of carbonyl (C=O) groups is 1. The molecule has 1 aliphatic carbocycles. The van der Waals surface area contributed by atoms with Gasteiger partial charge in [0.05, 0.1) is 25.2 Å². The molecule has 2 aliphatic rings. The summed E-state index contributed by atoms with van der Waals surface area (Å²) in [5.41, 5.74) is 1.50. The normalized spacial score (nSPS) is 18.0. The van der Waals surface area contributed by atoms with Crippen LogP contribution < -0.4 is 10.1 Å². The third-order valence-electron chi connectivity index (χ3n) is 4.93. The van der Waals surface area contributed by atoms with E-state index in [2.05, 4.69) is 5.32 Å². The summed E-state index contributed by atoms with van der Waals surface area (Å²) in [6.45, 7) is 1.31. The van der Waals surface area contributed by atoms with E-state index in [1.807, 2.05) is 11.4 Å². The molecule has 1 N–H and O–H groups in total. The summed E-state index contributed by atoms with van der Waals surface area (Å²) in [5.74, 6) is 0.510. The molecule has 1 saturated heterocycles. The lowest BCUT2D eigenvalue weighted by Gasteiger charge is -2.26. The lowest BCUT2D eigenvalue weighted by atomic mass is 10.1. The molecule has 2 fully saturated rings. The fourth-order valence-electron chi connectivity index (χ4n) is 3.29. The zero-order chi connectivity index (χ0) is 19.7. The molecule has 1 saturated carbocycles. The first-order valence-corrected chi connectivity index (χ1v) is 11.5. The maximum atomic E-state index is 13.1. The molecule has 150 valence electrons. The Morgan fingerprint density at radius 3 is 2.68 bits per heavy atom. The Morgan fingerprint density at radius 2 is 2.00 bits per heavy atom. The Kier molecular flexibility index (Phi) is 5.42. The molecule has 7 nitrogen and oxygen atoms in total. The van der Waals surface area contributed by atoms with Gasteiger partial charge >= 0.3 is 0 Å². The quantitative estimate of drug-likeness (QED) is 0.774. The summed E-state index contributed by atoms with van der Waals surface area (Å²) in [6.07, 6.45) is 2.23. The first-order chi connectivity index (χ1) is 13.5. The largest absolute Gasteiger partial charge is 0.495 e. The van der Waals surface area contributed by atoms with Crippen molar-refractivity contribution in [3.63, 3.8) is 0 Å². The Bertz CT molecular complexity index is 976. The minimum absolute atomic E-state index is 0.0447. The monoisotopic (exact) mass is 422 g/mol. The van der Waals surface area contributed by atoms with E-state index in [0.29, 0.717) is 42.8 Å². The fraction of sp³-hybridized carbons (Fsp3) is 0.421. The van der Waals surface area contributed by atoms with E-state index < -0.39 is 10.0 Å². The van der Waals surface area contributed by atoms with Crippen LogP contribution in [0.5, 0.6) is 5.75 Å². The van der Waals surface area contributed by atoms with Gasteiger partial charge in [0.1, 0.15) is 10.6 Å². The van der Waals surface area contributed by atoms with Crippen LogP contribution in [0.1, 0.15) is 34.0 Å². The van der Waals surface area contributed by atoms with Gasteiger partial charge in [-0.25, -0.2) is 8.42 Å². The second kappa shape index (κ2) is 7.82. The average molecular weight is 423 g/mol. The highest BCUT2D eigenvalue weighted by atomic mass is 32.2. The van der Waals surface area contributed by atoms with Crippen LogP contribution in [0.2, 0.25) is 0 Å². The van der Waals surface area contributed by atoms with E-state index >= 15 is 0 Å². The van der Waals surface area contributed by atoms with Gasteiger partial charge in [-0.2, -0.15) is 4.31 Å². The molecule has 1 aromatic heterocycles. The average Bonchev–Trinajstić information content (AvgIpc) is 3.44. The number of nitrogens with zero attached hydrogens (tertiary/aromatic N) is 1. The van der Waals surface area contributed by atoms with Gasteiger partial charge in [0.15, 0.2) is 0 Å². The summed E-state index contributed by atoms with van der Waals surface area (Å²) in [5, 5.41) is 4.76. The van der Waals surface area contributed by atoms with Crippen molar-refractivity contribution in [1.29, 1.82) is 0 Å². The Morgan fingerprint density at radius 1 is 1.25 bits per heavy atom. The van der Waals surface area contributed by atoms with Gasteiger partial charge in [-0.05, 0) is 54.0 Å². The summed E-state index contributed by atoms with van der Waals surface area (Å²) in [4.78, 5) is 13.5. The van der Waals surface area contributed by atoms with E-state index in [9.17, 15) is 13.2 Å². The van der Waals surface area contributed by atoms with E-state index in [1.165, 1.54) is 28.8 Å². The fourth-order valence-corrected chi connectivity index (χ4v) is 5.76. The summed E-state index contributed by atoms with van der Waals surface area (Å²) >= 11 is 1.41. The highest BCUT2D eigenvalue weighted by Gasteiger charge is 2.31. The van der Waals surface area contributed by atoms with Crippen LogP contribution in [0.15, 0.2) is 34.5 Å². The summed E-state index contributed by atoms with van der Waals surface area (Å²) < 4.78 is 38.0. The highest BCUT2D eigenvalue weighted by molar-refractivity contribution is 7.89. The standard InChI is InChI=1S/C19H22N2O5S2/c1-25-16-5-4-14(12-17(16)28(23,24)21-7-9-26-10-8-21)20-19(22)18-15(6-11-27-18)13-2-3-13/h4-6,11-13H,2-3,7-10H2,1H3,(H,20,22). The minimum Gasteiger partial charge on any atom is -0.495 e. The SMILES string of the molecule is COc1ccc(NC(=O)c2sccc2C2CC2)cc1S(=O)(=O)N1CCOCC1. The number of sulfonamides is 1. The highest BCUT2D eigenvalue weighted by Crippen LogP contribution is 2.43. The van der Waals surface area contributed by atoms with E-state index in [1.54, 1.807) is 12.1 Å². The van der Waals surface area contributed by atoms with E-state index in [4.69, 9.17) is 9.47 Å². The Balaban J connectivity index is 1.61. The topological polar surface area (TPSA) is 84.9 Å². The van der Waals surface area contributed by atoms with Crippen LogP contribution in [-0.4, -0.2) is 52.0 Å². The number of rotatable bonds is 6. The molecule has 2 heterocycles. The van der Waals surface area contributed by atoms with Crippen LogP contribution in [0.3, 0.4) is 0 Å². The molecule has 9 heteroatoms. The molecule has 2 aromatic rings. The van der Waals surface area contributed by atoms with Crippen LogP contribution in [-0.2, 0) is 14.8 Å². The first-order valence-electron chi connectivity index (χ1n) is 9.15. The third-order valence-corrected chi connectivity index (χ3v) is 7.78. The predicted octanol–water partition coefficient (Wildman–Crippen LogP) is 2.91. The smallest absolute Gasteiger partial charge is 0.266 e. The van der Waals surface area contributed by atoms with Crippen molar-refractivity contribution >= 4 is 33.0 Å². The predicted molar refractivity (Wildman–Crippen MR) is 107 cm³/mol. The third kappa shape index (κ3) is 3.80. The van der Waals surface area contributed by atoms with Crippen LogP contribution in [0, 0.1) is 0 Å². The van der Waals surface area contributed by atoms with Crippen molar-refractivity contribution in [1.82, 2.24) is 4.31 Å². The molecule has 28 heavy (non-hydrogen) atoms. The molecular formula is C19H22N2O5S2. The van der Waals surface area contributed by atoms with Gasteiger partial charge in [-0.3, -0.25) is 4.79 Å². The van der Waals surface area contributed by atoms with Crippen LogP contribution in [0.25, 0.3) is 0 Å². The molecule has 1 amide bonds. The molecule has 1 aromatic carbocycles. The summed E-state index contributed by atoms with van der Waals surface area (Å²) in [6, 6.07) is 6.68. The van der Waals surface area contributed by atoms with Crippen molar-refractivity contribution in [3.8, 4) is 5.75 Å². The van der Waals surface area contributed by atoms with E-state index in [-0.39, 0.29) is 16.6 Å². The molecule has 0 spiro atoms. The molecule has 0 unspecified atom stereocenters. The minimum atomic E-state index is -3.75. The van der Waals surface area contributed by atoms with Gasteiger partial charge in [0.2, 0.25) is 10.0 Å². The maximum absolute atomic E-state index is 13.1. The number of amides is 1. The molecular weight excluding hydrogens is 400 g/mol. The Labute approximate surface area is 168 Å². The van der Waals surface area contributed by atoms with Gasteiger partial charge < -0.3 is 14.8 Å². The molecule has 4 rings (SSSR count). The number of benzene rings is 1. The van der Waals surface area contributed by atoms with Gasteiger partial charge in [-0.15, -0.1) is 11.3 Å². The van der Waals surface area contributed by atoms with Crippen molar-refractivity contribution < 1.29 is 22.7 Å². The second-order valence-corrected chi connectivity index (χ2v) is 9.64. The number of ether oxygens (including phenoxy) is 2. The van der Waals surface area contributed by atoms with Crippen LogP contribution in [0.4, 0.5) is 5.69 Å². The number of thiophene rings is 1. The lowest BCUT2D eigenvalue weighted by molar-refractivity contribution is 0.0729. The zero-order valence-electron chi connectivity index (χ0n) is 15.5. The molecule has 0 bridgehead atoms. The number of anilines is 1. The maximum Gasteiger partial charge on any atom is 0.266 e. The second-order valence-electron chi connectivity index (χ2n) is 6.82. The van der Waals surface area contributed by atoms with Crippen LogP contribution >= 0.6 is 11.3 Å². The number of hydrogen-bond acceptors (Lipinski definition) is 6. The van der Waals surface area contributed by atoms with Gasteiger partial charge in [0, 0.05) is 18.8 Å². The number of morpholine rings is 1. The van der Waals surface area contributed by atoms with Gasteiger partial charge in [0.25, 0.3) is 5.91 Å². The van der Waals surface area contributed by atoms with Crippen molar-refractivity contribution in [2.45, 2.75) is 23.7 Å². The summed E-state index contributed by atoms with van der Waals surface area (Å²) in [7, 11) is -2.32. The zero-order valence-corrected chi connectivity index (χ0v) is 17.1.